The van der Waals surface area contributed by atoms with Crippen molar-refractivity contribution < 1.29 is 9.90 Å². The minimum Gasteiger partial charge on any atom is -0.478 e. The molecule has 0 aliphatic carbocycles. The Hall–Kier alpha value is -3.35. The van der Waals surface area contributed by atoms with Crippen LogP contribution < -0.4 is 15.6 Å². The standard InChI is InChI=1S/C29H30O2Si/c1-2-3-4-8-16-25(29(30)31)17-15-24-32(26-18-9-5-10-19-26,27-20-11-6-12-21-27)28-22-13-7-14-23-28/h5-7,9-14,17-23H,2-4,8,16H2,1H3,(H,30,31)/b25-17+. The number of rotatable bonds is 9. The zero-order valence-electron chi connectivity index (χ0n) is 18.6. The van der Waals surface area contributed by atoms with Gasteiger partial charge in [0.2, 0.25) is 8.07 Å². The fraction of sp³-hybridized carbons (Fsp3) is 0.207. The Labute approximate surface area is 192 Å². The lowest BCUT2D eigenvalue weighted by atomic mass is 10.1. The number of carboxylic acids is 1. The molecule has 2 nitrogen and oxygen atoms in total. The Morgan fingerprint density at radius 2 is 1.25 bits per heavy atom. The van der Waals surface area contributed by atoms with Crippen molar-refractivity contribution in [1.82, 2.24) is 0 Å². The van der Waals surface area contributed by atoms with Gasteiger partial charge in [-0.25, -0.2) is 4.79 Å². The highest BCUT2D eigenvalue weighted by atomic mass is 28.3. The zero-order chi connectivity index (χ0) is 22.7. The maximum absolute atomic E-state index is 11.8. The summed E-state index contributed by atoms with van der Waals surface area (Å²) in [5, 5.41) is 13.3. The summed E-state index contributed by atoms with van der Waals surface area (Å²) in [4.78, 5) is 11.8. The van der Waals surface area contributed by atoms with E-state index in [2.05, 4.69) is 91.2 Å². The quantitative estimate of drug-likeness (QED) is 0.173. The van der Waals surface area contributed by atoms with Crippen LogP contribution in [0.4, 0.5) is 0 Å². The van der Waals surface area contributed by atoms with Gasteiger partial charge >= 0.3 is 5.97 Å². The van der Waals surface area contributed by atoms with Crippen LogP contribution in [0.25, 0.3) is 0 Å². The van der Waals surface area contributed by atoms with Crippen LogP contribution in [-0.4, -0.2) is 19.1 Å². The Balaban J connectivity index is 2.13. The van der Waals surface area contributed by atoms with E-state index >= 15 is 0 Å². The van der Waals surface area contributed by atoms with Crippen LogP contribution in [-0.2, 0) is 4.79 Å². The predicted molar refractivity (Wildman–Crippen MR) is 136 cm³/mol. The van der Waals surface area contributed by atoms with Crippen molar-refractivity contribution in [1.29, 1.82) is 0 Å². The molecule has 0 aliphatic heterocycles. The van der Waals surface area contributed by atoms with E-state index in [1.54, 1.807) is 6.08 Å². The number of hydrogen-bond acceptors (Lipinski definition) is 1. The second-order valence-electron chi connectivity index (χ2n) is 7.90. The van der Waals surface area contributed by atoms with Gasteiger partial charge in [0.25, 0.3) is 0 Å². The number of allylic oxidation sites excluding steroid dienone is 1. The number of carbonyl (C=O) groups is 1. The molecule has 0 aromatic heterocycles. The van der Waals surface area contributed by atoms with Crippen LogP contribution in [0.1, 0.15) is 39.0 Å². The first-order chi connectivity index (χ1) is 15.7. The normalized spacial score (nSPS) is 11.5. The third-order valence-corrected chi connectivity index (χ3v) is 9.82. The van der Waals surface area contributed by atoms with Crippen LogP contribution in [0.5, 0.6) is 0 Å². The van der Waals surface area contributed by atoms with Crippen LogP contribution in [0.15, 0.2) is 103 Å². The van der Waals surface area contributed by atoms with E-state index in [0.717, 1.165) is 25.7 Å². The van der Waals surface area contributed by atoms with Gasteiger partial charge in [0.05, 0.1) is 0 Å². The Kier molecular flexibility index (Phi) is 8.66. The SMILES string of the molecule is CCCCCC/C(=C\C#C[Si](c1ccccc1)(c1ccccc1)c1ccccc1)C(=O)O. The van der Waals surface area contributed by atoms with Crippen molar-refractivity contribution in [3.05, 3.63) is 103 Å². The molecule has 1 N–H and O–H groups in total. The van der Waals surface area contributed by atoms with E-state index in [4.69, 9.17) is 0 Å². The van der Waals surface area contributed by atoms with Gasteiger partial charge in [-0.15, -0.1) is 5.54 Å². The van der Waals surface area contributed by atoms with Gasteiger partial charge in [-0.2, -0.15) is 0 Å². The van der Waals surface area contributed by atoms with E-state index in [1.807, 2.05) is 18.2 Å². The average molecular weight is 439 g/mol. The molecule has 0 radical (unpaired) electrons. The van der Waals surface area contributed by atoms with Crippen LogP contribution in [0.2, 0.25) is 0 Å². The van der Waals surface area contributed by atoms with Gasteiger partial charge in [0.1, 0.15) is 0 Å². The van der Waals surface area contributed by atoms with Crippen LogP contribution >= 0.6 is 0 Å². The van der Waals surface area contributed by atoms with Gasteiger partial charge in [0, 0.05) is 5.57 Å². The van der Waals surface area contributed by atoms with E-state index in [-0.39, 0.29) is 0 Å². The highest BCUT2D eigenvalue weighted by molar-refractivity contribution is 7.16. The van der Waals surface area contributed by atoms with Crippen molar-refractivity contribution >= 4 is 29.6 Å². The molecule has 0 bridgehead atoms. The molecule has 3 aromatic carbocycles. The molecular weight excluding hydrogens is 408 g/mol. The largest absolute Gasteiger partial charge is 0.478 e. The summed E-state index contributed by atoms with van der Waals surface area (Å²) in [6.07, 6.45) is 6.37. The van der Waals surface area contributed by atoms with Crippen molar-refractivity contribution in [3.63, 3.8) is 0 Å². The second kappa shape index (κ2) is 11.9. The average Bonchev–Trinajstić information content (AvgIpc) is 2.85. The molecule has 162 valence electrons. The summed E-state index contributed by atoms with van der Waals surface area (Å²) in [7, 11) is -2.67. The first kappa shape index (κ1) is 23.3. The minimum atomic E-state index is -2.67. The maximum atomic E-state index is 11.8. The van der Waals surface area contributed by atoms with Gasteiger partial charge in [-0.1, -0.05) is 123 Å². The van der Waals surface area contributed by atoms with E-state index in [1.165, 1.54) is 15.6 Å². The lowest BCUT2D eigenvalue weighted by Crippen LogP contribution is -2.66. The third-order valence-electron chi connectivity index (χ3n) is 5.70. The van der Waals surface area contributed by atoms with Crippen molar-refractivity contribution in [3.8, 4) is 11.5 Å². The molecule has 0 spiro atoms. The zero-order valence-corrected chi connectivity index (χ0v) is 19.6. The summed E-state index contributed by atoms with van der Waals surface area (Å²) in [6, 6.07) is 31.2. The highest BCUT2D eigenvalue weighted by Crippen LogP contribution is 2.11. The van der Waals surface area contributed by atoms with Gasteiger partial charge in [-0.3, -0.25) is 0 Å². The molecule has 32 heavy (non-hydrogen) atoms. The van der Waals surface area contributed by atoms with E-state index in [9.17, 15) is 9.90 Å². The highest BCUT2D eigenvalue weighted by Gasteiger charge is 2.38. The van der Waals surface area contributed by atoms with Crippen LogP contribution in [0, 0.1) is 11.5 Å². The lowest BCUT2D eigenvalue weighted by molar-refractivity contribution is -0.132. The monoisotopic (exact) mass is 438 g/mol. The van der Waals surface area contributed by atoms with Crippen LogP contribution in [0.3, 0.4) is 0 Å². The second-order valence-corrected chi connectivity index (χ2v) is 11.4. The Morgan fingerprint density at radius 1 is 0.781 bits per heavy atom. The number of benzene rings is 3. The van der Waals surface area contributed by atoms with E-state index in [0.29, 0.717) is 12.0 Å². The lowest BCUT2D eigenvalue weighted by Gasteiger charge is -2.28. The Bertz CT molecular complexity index is 981. The first-order valence-corrected chi connectivity index (χ1v) is 13.3. The molecular formula is C29H30O2Si. The predicted octanol–water partition coefficient (Wildman–Crippen LogP) is 4.68. The number of aliphatic carboxylic acids is 1. The topological polar surface area (TPSA) is 37.3 Å². The van der Waals surface area contributed by atoms with Gasteiger partial charge in [0.15, 0.2) is 0 Å². The first-order valence-electron chi connectivity index (χ1n) is 11.3. The summed E-state index contributed by atoms with van der Waals surface area (Å²) >= 11 is 0. The molecule has 0 aliphatic rings. The maximum Gasteiger partial charge on any atom is 0.332 e. The molecule has 3 aromatic rings. The molecule has 0 unspecified atom stereocenters. The summed E-state index contributed by atoms with van der Waals surface area (Å²) in [5.41, 5.74) is 4.01. The molecule has 0 fully saturated rings. The smallest absolute Gasteiger partial charge is 0.332 e. The van der Waals surface area contributed by atoms with Crippen molar-refractivity contribution in [2.24, 2.45) is 0 Å². The minimum absolute atomic E-state index is 0.394. The summed E-state index contributed by atoms with van der Waals surface area (Å²) < 4.78 is 0. The summed E-state index contributed by atoms with van der Waals surface area (Å²) in [5.74, 6) is 2.34. The number of unbranched alkanes of at least 4 members (excludes halogenated alkanes) is 3. The fourth-order valence-corrected chi connectivity index (χ4v) is 7.79. The number of hydrogen-bond donors (Lipinski definition) is 1. The molecule has 0 saturated carbocycles. The molecule has 3 heteroatoms. The number of carboxylic acid groups (broad SMARTS) is 1. The summed E-state index contributed by atoms with van der Waals surface area (Å²) in [6.45, 7) is 2.15. The van der Waals surface area contributed by atoms with Gasteiger partial charge in [-0.05, 0) is 34.5 Å². The van der Waals surface area contributed by atoms with E-state index < -0.39 is 14.0 Å². The molecule has 0 saturated heterocycles. The van der Waals surface area contributed by atoms with Gasteiger partial charge < -0.3 is 5.11 Å². The molecule has 0 atom stereocenters. The molecule has 0 amide bonds. The van der Waals surface area contributed by atoms with Crippen molar-refractivity contribution in [2.75, 3.05) is 0 Å². The molecule has 3 rings (SSSR count). The fourth-order valence-electron chi connectivity index (χ4n) is 4.00. The molecule has 0 heterocycles. The Morgan fingerprint density at radius 3 is 1.66 bits per heavy atom. The van der Waals surface area contributed by atoms with Crippen molar-refractivity contribution in [2.45, 2.75) is 39.0 Å². The third kappa shape index (κ3) is 5.66.